The van der Waals surface area contributed by atoms with Crippen LogP contribution in [0.2, 0.25) is 0 Å². The van der Waals surface area contributed by atoms with Crippen LogP contribution >= 0.6 is 0 Å². The molecule has 0 aromatic rings. The Labute approximate surface area is 80.3 Å². The van der Waals surface area contributed by atoms with Crippen molar-refractivity contribution in [3.05, 3.63) is 0 Å². The van der Waals surface area contributed by atoms with Gasteiger partial charge in [-0.1, -0.05) is 33.1 Å². The Morgan fingerprint density at radius 2 is 1.90 bits per heavy atom. The van der Waals surface area contributed by atoms with E-state index in [0.717, 1.165) is 12.5 Å². The fourth-order valence-corrected chi connectivity index (χ4v) is 0.981. The fourth-order valence-electron chi connectivity index (χ4n) is 0.981. The zero-order valence-electron chi connectivity index (χ0n) is 6.99. The van der Waals surface area contributed by atoms with Crippen LogP contribution in [0, 0.1) is 5.92 Å². The third-order valence-corrected chi connectivity index (χ3v) is 1.88. The Morgan fingerprint density at radius 1 is 1.30 bits per heavy atom. The van der Waals surface area contributed by atoms with E-state index in [0.29, 0.717) is 0 Å². The molecule has 0 spiro atoms. The maximum absolute atomic E-state index is 5.52. The first-order chi connectivity index (χ1) is 4.35. The largest absolute Gasteiger partial charge is 0.330 e. The minimum Gasteiger partial charge on any atom is -0.330 e. The van der Waals surface area contributed by atoms with Crippen molar-refractivity contribution in [2.24, 2.45) is 11.7 Å². The van der Waals surface area contributed by atoms with Gasteiger partial charge in [-0.2, -0.15) is 0 Å². The van der Waals surface area contributed by atoms with Crippen LogP contribution in [0.5, 0.6) is 0 Å². The molecule has 0 aromatic heterocycles. The summed E-state index contributed by atoms with van der Waals surface area (Å²) in [7, 11) is 0. The van der Waals surface area contributed by atoms with Crippen molar-refractivity contribution in [3.63, 3.8) is 0 Å². The van der Waals surface area contributed by atoms with Crippen molar-refractivity contribution in [1.29, 1.82) is 0 Å². The third-order valence-electron chi connectivity index (χ3n) is 1.88. The van der Waals surface area contributed by atoms with Crippen LogP contribution in [0.1, 0.15) is 39.5 Å². The number of hydrogen-bond acceptors (Lipinski definition) is 1. The van der Waals surface area contributed by atoms with E-state index in [-0.39, 0.29) is 22.4 Å². The first kappa shape index (κ1) is 13.3. The molecule has 0 fully saturated rings. The number of nitrogens with two attached hydrogens (primary N) is 1. The SMILES string of the molecule is CCCCC(CC)CN.[Au]. The zero-order valence-corrected chi connectivity index (χ0v) is 9.16. The minimum atomic E-state index is 0. The van der Waals surface area contributed by atoms with Crippen LogP contribution in [-0.2, 0) is 22.4 Å². The number of hydrogen-bond donors (Lipinski definition) is 1. The molecule has 67 valence electrons. The molecule has 1 radical (unpaired) electrons. The average Bonchev–Trinajstić information content (AvgIpc) is 1.91. The second-order valence-electron chi connectivity index (χ2n) is 2.65. The molecule has 0 amide bonds. The Bertz CT molecular complexity index is 53.2. The molecule has 0 saturated carbocycles. The molecule has 0 saturated heterocycles. The van der Waals surface area contributed by atoms with Gasteiger partial charge in [0.05, 0.1) is 0 Å². The second-order valence-corrected chi connectivity index (χ2v) is 2.65. The quantitative estimate of drug-likeness (QED) is 0.770. The van der Waals surface area contributed by atoms with Gasteiger partial charge in [0.15, 0.2) is 0 Å². The van der Waals surface area contributed by atoms with Crippen molar-refractivity contribution in [2.75, 3.05) is 6.54 Å². The summed E-state index contributed by atoms with van der Waals surface area (Å²) in [5.74, 6) is 0.782. The van der Waals surface area contributed by atoms with Gasteiger partial charge in [0.25, 0.3) is 0 Å². The summed E-state index contributed by atoms with van der Waals surface area (Å²) in [6.45, 7) is 5.31. The monoisotopic (exact) mass is 326 g/mol. The van der Waals surface area contributed by atoms with Gasteiger partial charge in [-0.15, -0.1) is 0 Å². The van der Waals surface area contributed by atoms with E-state index in [2.05, 4.69) is 13.8 Å². The van der Waals surface area contributed by atoms with E-state index < -0.39 is 0 Å². The van der Waals surface area contributed by atoms with Crippen molar-refractivity contribution >= 4 is 0 Å². The molecule has 1 atom stereocenters. The van der Waals surface area contributed by atoms with E-state index >= 15 is 0 Å². The molecule has 0 bridgehead atoms. The van der Waals surface area contributed by atoms with Gasteiger partial charge in [-0.25, -0.2) is 0 Å². The van der Waals surface area contributed by atoms with Crippen LogP contribution in [0.4, 0.5) is 0 Å². The predicted octanol–water partition coefficient (Wildman–Crippen LogP) is 2.16. The zero-order chi connectivity index (χ0) is 7.11. The van der Waals surface area contributed by atoms with E-state index in [1.54, 1.807) is 0 Å². The molecule has 1 nitrogen and oxygen atoms in total. The predicted molar refractivity (Wildman–Crippen MR) is 42.4 cm³/mol. The van der Waals surface area contributed by atoms with Crippen LogP contribution in [0.15, 0.2) is 0 Å². The van der Waals surface area contributed by atoms with Crippen LogP contribution in [0.3, 0.4) is 0 Å². The van der Waals surface area contributed by atoms with Crippen LogP contribution in [-0.4, -0.2) is 6.54 Å². The van der Waals surface area contributed by atoms with Gasteiger partial charge in [-0.05, 0) is 18.9 Å². The Hall–Kier alpha value is 0.700. The van der Waals surface area contributed by atoms with Crippen LogP contribution in [0.25, 0.3) is 0 Å². The van der Waals surface area contributed by atoms with Crippen molar-refractivity contribution in [2.45, 2.75) is 39.5 Å². The fraction of sp³-hybridized carbons (Fsp3) is 1.00. The first-order valence-electron chi connectivity index (χ1n) is 4.05. The van der Waals surface area contributed by atoms with E-state index in [4.69, 9.17) is 5.73 Å². The van der Waals surface area contributed by atoms with E-state index in [9.17, 15) is 0 Å². The van der Waals surface area contributed by atoms with Gasteiger partial charge in [0, 0.05) is 22.4 Å². The smallest absolute Gasteiger partial charge is 0 e. The Kier molecular flexibility index (Phi) is 12.9. The molecule has 2 heteroatoms. The minimum absolute atomic E-state index is 0. The van der Waals surface area contributed by atoms with Crippen LogP contribution < -0.4 is 5.73 Å². The molecule has 10 heavy (non-hydrogen) atoms. The molecule has 1 unspecified atom stereocenters. The summed E-state index contributed by atoms with van der Waals surface area (Å²) >= 11 is 0. The standard InChI is InChI=1S/C8H19N.Au/c1-3-5-6-8(4-2)7-9;/h8H,3-7,9H2,1-2H3;. The Morgan fingerprint density at radius 3 is 2.20 bits per heavy atom. The first-order valence-corrected chi connectivity index (χ1v) is 4.05. The summed E-state index contributed by atoms with van der Waals surface area (Å²) in [5.41, 5.74) is 5.52. The van der Waals surface area contributed by atoms with E-state index in [1.807, 2.05) is 0 Å². The maximum atomic E-state index is 5.52. The van der Waals surface area contributed by atoms with Crippen molar-refractivity contribution in [1.82, 2.24) is 0 Å². The summed E-state index contributed by atoms with van der Waals surface area (Å²) in [4.78, 5) is 0. The van der Waals surface area contributed by atoms with Crippen molar-refractivity contribution in [3.8, 4) is 0 Å². The maximum Gasteiger partial charge on any atom is 0 e. The molecule has 0 rings (SSSR count). The molecule has 0 aliphatic rings. The molecule has 0 aromatic carbocycles. The van der Waals surface area contributed by atoms with Crippen molar-refractivity contribution < 1.29 is 22.4 Å². The van der Waals surface area contributed by atoms with Gasteiger partial charge >= 0.3 is 0 Å². The summed E-state index contributed by atoms with van der Waals surface area (Å²) in [5, 5.41) is 0. The second kappa shape index (κ2) is 9.70. The normalized spacial score (nSPS) is 12.3. The van der Waals surface area contributed by atoms with Gasteiger partial charge < -0.3 is 5.73 Å². The van der Waals surface area contributed by atoms with E-state index in [1.165, 1.54) is 25.7 Å². The molecule has 0 heterocycles. The molecule has 0 aliphatic carbocycles. The summed E-state index contributed by atoms with van der Waals surface area (Å²) in [6, 6.07) is 0. The Balaban J connectivity index is 0. The van der Waals surface area contributed by atoms with Gasteiger partial charge in [-0.3, -0.25) is 0 Å². The molecule has 2 N–H and O–H groups in total. The molecular formula is C8H19AuN. The topological polar surface area (TPSA) is 26.0 Å². The summed E-state index contributed by atoms with van der Waals surface area (Å²) in [6.07, 6.45) is 5.21. The molecular weight excluding hydrogens is 307 g/mol. The number of unbranched alkanes of at least 4 members (excludes halogenated alkanes) is 1. The molecule has 0 aliphatic heterocycles. The third kappa shape index (κ3) is 6.82. The summed E-state index contributed by atoms with van der Waals surface area (Å²) < 4.78 is 0. The number of rotatable bonds is 5. The van der Waals surface area contributed by atoms with Gasteiger partial charge in [0.2, 0.25) is 0 Å². The average molecular weight is 326 g/mol. The van der Waals surface area contributed by atoms with Gasteiger partial charge in [0.1, 0.15) is 0 Å².